The fourth-order valence-corrected chi connectivity index (χ4v) is 1.37. The Morgan fingerprint density at radius 1 is 1.47 bits per heavy atom. The van der Waals surface area contributed by atoms with Crippen molar-refractivity contribution >= 4 is 5.97 Å². The van der Waals surface area contributed by atoms with E-state index in [1.807, 2.05) is 0 Å². The predicted molar refractivity (Wildman–Crippen MR) is 51.5 cm³/mol. The van der Waals surface area contributed by atoms with Crippen molar-refractivity contribution in [1.82, 2.24) is 0 Å². The van der Waals surface area contributed by atoms with E-state index in [1.165, 1.54) is 7.11 Å². The van der Waals surface area contributed by atoms with E-state index in [4.69, 9.17) is 15.2 Å². The van der Waals surface area contributed by atoms with Crippen LogP contribution in [0.25, 0.3) is 0 Å². The van der Waals surface area contributed by atoms with E-state index in [9.17, 15) is 4.79 Å². The van der Waals surface area contributed by atoms with Crippen molar-refractivity contribution in [3.05, 3.63) is 23.8 Å². The number of carbonyl (C=O) groups is 1. The van der Waals surface area contributed by atoms with E-state index in [0.29, 0.717) is 17.1 Å². The summed E-state index contributed by atoms with van der Waals surface area (Å²) >= 11 is 0. The lowest BCUT2D eigenvalue weighted by Gasteiger charge is -2.09. The number of esters is 1. The third kappa shape index (κ3) is 1.73. The topological polar surface area (TPSA) is 70.8 Å². The van der Waals surface area contributed by atoms with Gasteiger partial charge in [-0.15, -0.1) is 0 Å². The van der Waals surface area contributed by atoms with Gasteiger partial charge in [-0.05, 0) is 17.7 Å². The average Bonchev–Trinajstić information content (AvgIpc) is 2.73. The van der Waals surface area contributed by atoms with Crippen molar-refractivity contribution in [3.63, 3.8) is 0 Å². The van der Waals surface area contributed by atoms with E-state index >= 15 is 0 Å². The molecule has 1 aliphatic rings. The zero-order chi connectivity index (χ0) is 10.8. The van der Waals surface area contributed by atoms with E-state index < -0.39 is 12.0 Å². The van der Waals surface area contributed by atoms with Gasteiger partial charge in [0.05, 0.1) is 7.11 Å². The SMILES string of the molecule is COC(=O)C(N)c1ccc2c(c1)OCO2. The second kappa shape index (κ2) is 3.78. The average molecular weight is 209 g/mol. The van der Waals surface area contributed by atoms with Crippen molar-refractivity contribution in [2.75, 3.05) is 13.9 Å². The predicted octanol–water partition coefficient (Wildman–Crippen LogP) is 0.588. The van der Waals surface area contributed by atoms with Crippen LogP contribution >= 0.6 is 0 Å². The summed E-state index contributed by atoms with van der Waals surface area (Å²) in [7, 11) is 1.30. The largest absolute Gasteiger partial charge is 0.468 e. The molecule has 0 aliphatic carbocycles. The Bertz CT molecular complexity index is 391. The van der Waals surface area contributed by atoms with E-state index in [0.717, 1.165) is 0 Å². The molecule has 5 nitrogen and oxygen atoms in total. The van der Waals surface area contributed by atoms with Crippen LogP contribution in [0.1, 0.15) is 11.6 Å². The van der Waals surface area contributed by atoms with Crippen LogP contribution in [0.2, 0.25) is 0 Å². The standard InChI is InChI=1S/C10H11NO4/c1-13-10(12)9(11)6-2-3-7-8(4-6)15-5-14-7/h2-4,9H,5,11H2,1H3. The van der Waals surface area contributed by atoms with Crippen molar-refractivity contribution in [1.29, 1.82) is 0 Å². The summed E-state index contributed by atoms with van der Waals surface area (Å²) in [5.41, 5.74) is 6.32. The van der Waals surface area contributed by atoms with Gasteiger partial charge in [-0.3, -0.25) is 4.79 Å². The van der Waals surface area contributed by atoms with Gasteiger partial charge in [0.1, 0.15) is 6.04 Å². The van der Waals surface area contributed by atoms with Gasteiger partial charge in [-0.1, -0.05) is 6.07 Å². The van der Waals surface area contributed by atoms with Gasteiger partial charge in [0.2, 0.25) is 6.79 Å². The Morgan fingerprint density at radius 3 is 2.93 bits per heavy atom. The minimum atomic E-state index is -0.788. The molecule has 1 unspecified atom stereocenters. The third-order valence-electron chi connectivity index (χ3n) is 2.21. The Labute approximate surface area is 86.7 Å². The van der Waals surface area contributed by atoms with Gasteiger partial charge in [0.25, 0.3) is 0 Å². The normalized spacial score (nSPS) is 14.8. The number of benzene rings is 1. The fraction of sp³-hybridized carbons (Fsp3) is 0.300. The molecule has 1 aliphatic heterocycles. The van der Waals surface area contributed by atoms with Gasteiger partial charge < -0.3 is 19.9 Å². The molecule has 2 N–H and O–H groups in total. The zero-order valence-corrected chi connectivity index (χ0v) is 8.23. The number of ether oxygens (including phenoxy) is 3. The Kier molecular flexibility index (Phi) is 2.47. The number of fused-ring (bicyclic) bond motifs is 1. The van der Waals surface area contributed by atoms with E-state index in [1.54, 1.807) is 18.2 Å². The van der Waals surface area contributed by atoms with Gasteiger partial charge in [-0.2, -0.15) is 0 Å². The maximum absolute atomic E-state index is 11.2. The third-order valence-corrected chi connectivity index (χ3v) is 2.21. The van der Waals surface area contributed by atoms with Gasteiger partial charge in [0.15, 0.2) is 11.5 Å². The maximum Gasteiger partial charge on any atom is 0.327 e. The molecule has 0 saturated carbocycles. The first-order valence-electron chi connectivity index (χ1n) is 4.45. The molecule has 0 spiro atoms. The Hall–Kier alpha value is -1.75. The maximum atomic E-state index is 11.2. The minimum absolute atomic E-state index is 0.201. The van der Waals surface area contributed by atoms with Crippen LogP contribution in [-0.2, 0) is 9.53 Å². The van der Waals surface area contributed by atoms with E-state index in [2.05, 4.69) is 4.74 Å². The van der Waals surface area contributed by atoms with Gasteiger partial charge in [-0.25, -0.2) is 0 Å². The molecule has 5 heteroatoms. The molecule has 0 bridgehead atoms. The number of hydrogen-bond acceptors (Lipinski definition) is 5. The zero-order valence-electron chi connectivity index (χ0n) is 8.23. The summed E-state index contributed by atoms with van der Waals surface area (Å²) in [6.45, 7) is 0.201. The Morgan fingerprint density at radius 2 is 2.20 bits per heavy atom. The first kappa shape index (κ1) is 9.79. The molecule has 2 rings (SSSR count). The lowest BCUT2D eigenvalue weighted by atomic mass is 10.1. The molecule has 1 atom stereocenters. The molecule has 1 aromatic carbocycles. The first-order chi connectivity index (χ1) is 7.22. The molecule has 0 radical (unpaired) electrons. The number of rotatable bonds is 2. The summed E-state index contributed by atoms with van der Waals surface area (Å²) in [4.78, 5) is 11.2. The monoisotopic (exact) mass is 209 g/mol. The molecular formula is C10H11NO4. The number of methoxy groups -OCH3 is 1. The van der Waals surface area contributed by atoms with Gasteiger partial charge in [0, 0.05) is 0 Å². The minimum Gasteiger partial charge on any atom is -0.468 e. The summed E-state index contributed by atoms with van der Waals surface area (Å²) in [6.07, 6.45) is 0. The highest BCUT2D eigenvalue weighted by Gasteiger charge is 2.20. The number of nitrogens with two attached hydrogens (primary N) is 1. The summed E-state index contributed by atoms with van der Waals surface area (Å²) < 4.78 is 14.9. The fourth-order valence-electron chi connectivity index (χ4n) is 1.37. The molecule has 15 heavy (non-hydrogen) atoms. The lowest BCUT2D eigenvalue weighted by Crippen LogP contribution is -2.22. The van der Waals surface area contributed by atoms with Crippen molar-refractivity contribution in [3.8, 4) is 11.5 Å². The highest BCUT2D eigenvalue weighted by Crippen LogP contribution is 2.33. The highest BCUT2D eigenvalue weighted by atomic mass is 16.7. The van der Waals surface area contributed by atoms with E-state index in [-0.39, 0.29) is 6.79 Å². The van der Waals surface area contributed by atoms with Crippen LogP contribution < -0.4 is 15.2 Å². The van der Waals surface area contributed by atoms with Crippen LogP contribution in [0.5, 0.6) is 11.5 Å². The number of carbonyl (C=O) groups excluding carboxylic acids is 1. The summed E-state index contributed by atoms with van der Waals surface area (Å²) in [6, 6.07) is 4.34. The van der Waals surface area contributed by atoms with Crippen molar-refractivity contribution < 1.29 is 19.0 Å². The van der Waals surface area contributed by atoms with Crippen LogP contribution in [0.15, 0.2) is 18.2 Å². The van der Waals surface area contributed by atoms with Crippen molar-refractivity contribution in [2.24, 2.45) is 5.73 Å². The highest BCUT2D eigenvalue weighted by molar-refractivity contribution is 5.77. The molecule has 0 saturated heterocycles. The second-order valence-corrected chi connectivity index (χ2v) is 3.11. The molecule has 80 valence electrons. The first-order valence-corrected chi connectivity index (χ1v) is 4.45. The molecule has 0 aromatic heterocycles. The molecular weight excluding hydrogens is 198 g/mol. The molecule has 0 amide bonds. The lowest BCUT2D eigenvalue weighted by molar-refractivity contribution is -0.142. The van der Waals surface area contributed by atoms with Crippen LogP contribution in [0, 0.1) is 0 Å². The van der Waals surface area contributed by atoms with Crippen LogP contribution in [0.3, 0.4) is 0 Å². The van der Waals surface area contributed by atoms with Crippen molar-refractivity contribution in [2.45, 2.75) is 6.04 Å². The number of hydrogen-bond donors (Lipinski definition) is 1. The summed E-state index contributed by atoms with van der Waals surface area (Å²) in [5, 5.41) is 0. The van der Waals surface area contributed by atoms with Gasteiger partial charge >= 0.3 is 5.97 Å². The molecule has 1 heterocycles. The van der Waals surface area contributed by atoms with Crippen LogP contribution in [0.4, 0.5) is 0 Å². The molecule has 1 aromatic rings. The van der Waals surface area contributed by atoms with Crippen LogP contribution in [-0.4, -0.2) is 19.9 Å². The Balaban J connectivity index is 2.26. The summed E-state index contributed by atoms with van der Waals surface area (Å²) in [5.74, 6) is 0.788. The molecule has 0 fully saturated rings. The second-order valence-electron chi connectivity index (χ2n) is 3.11. The quantitative estimate of drug-likeness (QED) is 0.722. The smallest absolute Gasteiger partial charge is 0.327 e.